The van der Waals surface area contributed by atoms with Gasteiger partial charge < -0.3 is 30.1 Å². The van der Waals surface area contributed by atoms with E-state index in [9.17, 15) is 0 Å². The van der Waals surface area contributed by atoms with E-state index in [1.54, 1.807) is 0 Å². The molecule has 0 bridgehead atoms. The minimum absolute atomic E-state index is 0. The van der Waals surface area contributed by atoms with E-state index >= 15 is 0 Å². The van der Waals surface area contributed by atoms with E-state index in [-0.39, 0.29) is 91.4 Å². The molecule has 0 aliphatic rings. The van der Waals surface area contributed by atoms with Gasteiger partial charge in [-0.05, 0) is 0 Å². The third-order valence-corrected chi connectivity index (χ3v) is 0. The predicted octanol–water partition coefficient (Wildman–Crippen LogP) is -8.66. The summed E-state index contributed by atoms with van der Waals surface area (Å²) in [6.07, 6.45) is 0. The Hall–Kier alpha value is 2.85. The molecular formula is B2BaMgO6Zn. The second-order valence-corrected chi connectivity index (χ2v) is 0.577. The molecule has 0 aromatic carbocycles. The fourth-order valence-electron chi connectivity index (χ4n) is 0. The van der Waals surface area contributed by atoms with Crippen LogP contribution in [0.2, 0.25) is 0 Å². The maximum absolute atomic E-state index is 8.42. The number of rotatable bonds is 0. The summed E-state index contributed by atoms with van der Waals surface area (Å²) in [5.41, 5.74) is 0. The first-order valence-electron chi connectivity index (χ1n) is 1.41. The van der Waals surface area contributed by atoms with Crippen LogP contribution in [0.25, 0.3) is 0 Å². The quantitative estimate of drug-likeness (QED) is 0.400. The van der Waals surface area contributed by atoms with Crippen molar-refractivity contribution >= 4 is 86.6 Å². The van der Waals surface area contributed by atoms with Crippen LogP contribution in [0.15, 0.2) is 0 Å². The summed E-state index contributed by atoms with van der Waals surface area (Å²) >= 11 is 0. The largest absolute Gasteiger partial charge is 2.00 e. The van der Waals surface area contributed by atoms with Gasteiger partial charge >= 0.3 is 91.4 Å². The Labute approximate surface area is 134 Å². The molecule has 0 aromatic rings. The first kappa shape index (κ1) is 29.2. The van der Waals surface area contributed by atoms with Gasteiger partial charge in [-0.25, -0.2) is 0 Å². The van der Waals surface area contributed by atoms with Crippen molar-refractivity contribution < 1.29 is 49.6 Å². The zero-order chi connectivity index (χ0) is 7.15. The first-order chi connectivity index (χ1) is 3.46. The average Bonchev–Trinajstić information content (AvgIpc) is 1.25. The van der Waals surface area contributed by atoms with Gasteiger partial charge in [-0.2, -0.15) is 0 Å². The second kappa shape index (κ2) is 23.0. The standard InChI is InChI=1S/2BO3.Ba.Mg.Zn/c2*2-1(3)4;;;/q2*-3;3*+2. The maximum Gasteiger partial charge on any atom is 2.00 e. The summed E-state index contributed by atoms with van der Waals surface area (Å²) in [7, 11) is -5.83. The summed E-state index contributed by atoms with van der Waals surface area (Å²) in [4.78, 5) is 0. The molecule has 0 aliphatic heterocycles. The molecule has 11 heteroatoms. The summed E-state index contributed by atoms with van der Waals surface area (Å²) in [6.45, 7) is 0. The Bertz CT molecular complexity index is 36.1. The molecule has 0 fully saturated rings. The zero-order valence-corrected chi connectivity index (χ0v) is 14.5. The van der Waals surface area contributed by atoms with Gasteiger partial charge in [0.15, 0.2) is 0 Å². The van der Waals surface area contributed by atoms with E-state index in [2.05, 4.69) is 0 Å². The molecule has 0 saturated heterocycles. The SMILES string of the molecule is [Ba+2].[Mg+2].[O-]B([O-])[O-].[O-]B([O-])[O-].[Zn+2]. The predicted molar refractivity (Wildman–Crippen MR) is 23.0 cm³/mol. The van der Waals surface area contributed by atoms with Crippen molar-refractivity contribution in [1.82, 2.24) is 0 Å². The third kappa shape index (κ3) is 186. The molecule has 0 amide bonds. The summed E-state index contributed by atoms with van der Waals surface area (Å²) in [5.74, 6) is 0. The topological polar surface area (TPSA) is 138 Å². The van der Waals surface area contributed by atoms with Crippen LogP contribution in [0.3, 0.4) is 0 Å². The van der Waals surface area contributed by atoms with Gasteiger partial charge in [0.25, 0.3) is 0 Å². The van der Waals surface area contributed by atoms with Crippen LogP contribution in [0.1, 0.15) is 0 Å². The fourth-order valence-corrected chi connectivity index (χ4v) is 0. The molecule has 0 saturated carbocycles. The fraction of sp³-hybridized carbons (Fsp3) is 0. The van der Waals surface area contributed by atoms with Crippen LogP contribution in [-0.2, 0) is 19.5 Å². The Balaban J connectivity index is -0.0000000171. The van der Waals surface area contributed by atoms with Crippen molar-refractivity contribution in [3.8, 4) is 0 Å². The van der Waals surface area contributed by atoms with Crippen LogP contribution >= 0.6 is 0 Å². The Morgan fingerprint density at radius 3 is 0.636 bits per heavy atom. The van der Waals surface area contributed by atoms with Crippen LogP contribution in [0.5, 0.6) is 0 Å². The molecule has 0 radical (unpaired) electrons. The van der Waals surface area contributed by atoms with Gasteiger partial charge in [0.2, 0.25) is 0 Å². The van der Waals surface area contributed by atoms with Crippen LogP contribution in [0.4, 0.5) is 0 Å². The molecule has 0 N–H and O–H groups in total. The molecule has 0 rings (SSSR count). The monoisotopic (exact) mass is 344 g/mol. The molecule has 48 valence electrons. The first-order valence-corrected chi connectivity index (χ1v) is 1.41. The normalized spacial score (nSPS) is 4.91. The van der Waals surface area contributed by atoms with Gasteiger partial charge in [0.1, 0.15) is 0 Å². The van der Waals surface area contributed by atoms with Gasteiger partial charge in [-0.1, -0.05) is 0 Å². The molecule has 6 nitrogen and oxygen atoms in total. The van der Waals surface area contributed by atoms with Crippen molar-refractivity contribution in [2.45, 2.75) is 0 Å². The van der Waals surface area contributed by atoms with Crippen LogP contribution < -0.4 is 30.1 Å². The van der Waals surface area contributed by atoms with Crippen molar-refractivity contribution in [2.75, 3.05) is 0 Å². The van der Waals surface area contributed by atoms with E-state index in [1.807, 2.05) is 0 Å². The Kier molecular flexibility index (Phi) is 61.2. The smallest absolute Gasteiger partial charge is 0.907 e. The second-order valence-electron chi connectivity index (χ2n) is 0.577. The number of hydrogen-bond acceptors (Lipinski definition) is 6. The molecular weight excluding hydrogens is 345 g/mol. The summed E-state index contributed by atoms with van der Waals surface area (Å²) in [6, 6.07) is 0. The van der Waals surface area contributed by atoms with Crippen molar-refractivity contribution in [3.05, 3.63) is 0 Å². The number of hydrogen-bond donors (Lipinski definition) is 0. The molecule has 0 atom stereocenters. The molecule has 11 heavy (non-hydrogen) atoms. The van der Waals surface area contributed by atoms with E-state index in [1.165, 1.54) is 0 Å². The summed E-state index contributed by atoms with van der Waals surface area (Å²) < 4.78 is 0. The van der Waals surface area contributed by atoms with Gasteiger partial charge in [0.05, 0.1) is 0 Å². The maximum atomic E-state index is 8.42. The minimum Gasteiger partial charge on any atom is -0.907 e. The average molecular weight is 345 g/mol. The van der Waals surface area contributed by atoms with E-state index in [4.69, 9.17) is 30.1 Å². The van der Waals surface area contributed by atoms with Crippen molar-refractivity contribution in [2.24, 2.45) is 0 Å². The molecule has 0 heterocycles. The Morgan fingerprint density at radius 1 is 0.636 bits per heavy atom. The minimum atomic E-state index is -2.92. The molecule has 0 unspecified atom stereocenters. The van der Waals surface area contributed by atoms with Crippen LogP contribution in [0, 0.1) is 0 Å². The van der Waals surface area contributed by atoms with Crippen molar-refractivity contribution in [3.63, 3.8) is 0 Å². The van der Waals surface area contributed by atoms with Gasteiger partial charge in [-0.15, -0.1) is 0 Å². The van der Waals surface area contributed by atoms with E-state index in [0.29, 0.717) is 0 Å². The summed E-state index contributed by atoms with van der Waals surface area (Å²) in [5, 5.41) is 50.5. The Morgan fingerprint density at radius 2 is 0.636 bits per heavy atom. The molecule has 0 aromatic heterocycles. The molecule has 0 aliphatic carbocycles. The van der Waals surface area contributed by atoms with Gasteiger partial charge in [-0.3, -0.25) is 14.6 Å². The van der Waals surface area contributed by atoms with Crippen LogP contribution in [-0.4, -0.2) is 86.6 Å². The van der Waals surface area contributed by atoms with Crippen molar-refractivity contribution in [1.29, 1.82) is 0 Å². The zero-order valence-electron chi connectivity index (χ0n) is 5.73. The van der Waals surface area contributed by atoms with E-state index in [0.717, 1.165) is 0 Å². The third-order valence-electron chi connectivity index (χ3n) is 0. The molecule has 0 spiro atoms. The van der Waals surface area contributed by atoms with E-state index < -0.39 is 14.6 Å². The van der Waals surface area contributed by atoms with Gasteiger partial charge in [0, 0.05) is 0 Å².